The molecule has 2 aromatic carbocycles. The average Bonchev–Trinajstić information content (AvgIpc) is 3.00. The molecule has 4 nitrogen and oxygen atoms in total. The summed E-state index contributed by atoms with van der Waals surface area (Å²) in [6.07, 6.45) is 4.86. The number of nitrogens with one attached hydrogen (secondary N) is 1. The van der Waals surface area contributed by atoms with Crippen molar-refractivity contribution >= 4 is 5.91 Å². The van der Waals surface area contributed by atoms with Crippen molar-refractivity contribution in [1.29, 1.82) is 0 Å². The number of methoxy groups -OCH3 is 1. The monoisotopic (exact) mass is 378 g/mol. The summed E-state index contributed by atoms with van der Waals surface area (Å²) >= 11 is 0. The molecule has 2 aliphatic rings. The SMILES string of the molecule is COc1ccccc1CC(=O)N1CC[C@H](c2ccccc2)[C@H]2NCCCC[C@H]21. The van der Waals surface area contributed by atoms with E-state index in [1.807, 2.05) is 24.3 Å². The van der Waals surface area contributed by atoms with Crippen molar-refractivity contribution in [3.8, 4) is 5.75 Å². The number of likely N-dealkylation sites (tertiary alicyclic amines) is 1. The zero-order chi connectivity index (χ0) is 19.3. The number of ether oxygens (including phenoxy) is 1. The van der Waals surface area contributed by atoms with Gasteiger partial charge >= 0.3 is 0 Å². The van der Waals surface area contributed by atoms with Crippen molar-refractivity contribution < 1.29 is 9.53 Å². The number of nitrogens with zero attached hydrogens (tertiary/aromatic N) is 1. The zero-order valence-corrected chi connectivity index (χ0v) is 16.6. The van der Waals surface area contributed by atoms with Gasteiger partial charge in [-0.25, -0.2) is 0 Å². The minimum atomic E-state index is 0.217. The Morgan fingerprint density at radius 2 is 1.86 bits per heavy atom. The van der Waals surface area contributed by atoms with Crippen LogP contribution in [0.3, 0.4) is 0 Å². The van der Waals surface area contributed by atoms with Crippen molar-refractivity contribution in [3.63, 3.8) is 0 Å². The summed E-state index contributed by atoms with van der Waals surface area (Å²) in [5.41, 5.74) is 2.36. The molecule has 0 spiro atoms. The van der Waals surface area contributed by atoms with E-state index in [-0.39, 0.29) is 11.9 Å². The molecule has 2 aromatic rings. The van der Waals surface area contributed by atoms with Gasteiger partial charge < -0.3 is 15.0 Å². The molecule has 0 aromatic heterocycles. The van der Waals surface area contributed by atoms with E-state index in [9.17, 15) is 4.79 Å². The molecule has 1 amide bonds. The van der Waals surface area contributed by atoms with Crippen LogP contribution in [-0.4, -0.2) is 43.1 Å². The standard InChI is InChI=1S/C24H30N2O2/c1-28-22-13-6-5-11-19(22)17-23(27)26-16-14-20(18-9-3-2-4-10-18)24-21(26)12-7-8-15-25-24/h2-6,9-11,13,20-21,24-25H,7-8,12,14-17H2,1H3/t20-,21-,24-/m1/s1. The number of rotatable bonds is 4. The lowest BCUT2D eigenvalue weighted by molar-refractivity contribution is -0.135. The van der Waals surface area contributed by atoms with Crippen LogP contribution in [0.15, 0.2) is 54.6 Å². The lowest BCUT2D eigenvalue weighted by Gasteiger charge is -2.45. The average molecular weight is 379 g/mol. The fraction of sp³-hybridized carbons (Fsp3) is 0.458. The molecule has 2 fully saturated rings. The van der Waals surface area contributed by atoms with Crippen LogP contribution in [0, 0.1) is 0 Å². The molecule has 2 heterocycles. The Labute approximate surface area is 167 Å². The number of hydrogen-bond donors (Lipinski definition) is 1. The van der Waals surface area contributed by atoms with Gasteiger partial charge in [0.15, 0.2) is 0 Å². The first-order chi connectivity index (χ1) is 13.8. The van der Waals surface area contributed by atoms with E-state index in [1.165, 1.54) is 18.4 Å². The largest absolute Gasteiger partial charge is 0.496 e. The lowest BCUT2D eigenvalue weighted by Crippen LogP contribution is -2.58. The number of fused-ring (bicyclic) bond motifs is 1. The predicted molar refractivity (Wildman–Crippen MR) is 112 cm³/mol. The van der Waals surface area contributed by atoms with Crippen LogP contribution in [0.1, 0.15) is 42.7 Å². The molecular formula is C24H30N2O2. The van der Waals surface area contributed by atoms with Crippen LogP contribution < -0.4 is 10.1 Å². The molecule has 148 valence electrons. The second-order valence-electron chi connectivity index (χ2n) is 7.92. The predicted octanol–water partition coefficient (Wildman–Crippen LogP) is 3.76. The summed E-state index contributed by atoms with van der Waals surface area (Å²) < 4.78 is 5.45. The van der Waals surface area contributed by atoms with Gasteiger partial charge in [0.1, 0.15) is 5.75 Å². The van der Waals surface area contributed by atoms with E-state index >= 15 is 0 Å². The molecule has 4 heteroatoms. The van der Waals surface area contributed by atoms with Crippen LogP contribution in [-0.2, 0) is 11.2 Å². The normalized spacial score (nSPS) is 24.9. The summed E-state index contributed by atoms with van der Waals surface area (Å²) in [5, 5.41) is 3.78. The molecule has 28 heavy (non-hydrogen) atoms. The van der Waals surface area contributed by atoms with Gasteiger partial charge in [-0.05, 0) is 37.4 Å². The highest BCUT2D eigenvalue weighted by atomic mass is 16.5. The van der Waals surface area contributed by atoms with Gasteiger partial charge in [0.2, 0.25) is 5.91 Å². The Balaban J connectivity index is 1.55. The fourth-order valence-corrected chi connectivity index (χ4v) is 4.94. The molecule has 3 atom stereocenters. The van der Waals surface area contributed by atoms with Crippen LogP contribution in [0.5, 0.6) is 5.75 Å². The van der Waals surface area contributed by atoms with Crippen molar-refractivity contribution in [3.05, 3.63) is 65.7 Å². The lowest BCUT2D eigenvalue weighted by atomic mass is 9.79. The Kier molecular flexibility index (Phi) is 5.96. The third-order valence-electron chi connectivity index (χ3n) is 6.32. The molecule has 0 saturated carbocycles. The fourth-order valence-electron chi connectivity index (χ4n) is 4.94. The van der Waals surface area contributed by atoms with Gasteiger partial charge in [-0.1, -0.05) is 55.0 Å². The van der Waals surface area contributed by atoms with Gasteiger partial charge in [-0.2, -0.15) is 0 Å². The van der Waals surface area contributed by atoms with E-state index in [1.54, 1.807) is 7.11 Å². The quantitative estimate of drug-likeness (QED) is 0.881. The molecule has 4 rings (SSSR count). The molecule has 2 saturated heterocycles. The smallest absolute Gasteiger partial charge is 0.227 e. The maximum absolute atomic E-state index is 13.3. The Bertz CT molecular complexity index is 792. The minimum Gasteiger partial charge on any atom is -0.496 e. The topological polar surface area (TPSA) is 41.6 Å². The summed E-state index contributed by atoms with van der Waals surface area (Å²) in [6.45, 7) is 1.87. The van der Waals surface area contributed by atoms with Crippen molar-refractivity contribution in [1.82, 2.24) is 10.2 Å². The highest BCUT2D eigenvalue weighted by molar-refractivity contribution is 5.80. The van der Waals surface area contributed by atoms with Crippen molar-refractivity contribution in [2.45, 2.75) is 50.1 Å². The van der Waals surface area contributed by atoms with Gasteiger partial charge in [-0.3, -0.25) is 4.79 Å². The van der Waals surface area contributed by atoms with Gasteiger partial charge in [0.25, 0.3) is 0 Å². The van der Waals surface area contributed by atoms with E-state index < -0.39 is 0 Å². The van der Waals surface area contributed by atoms with E-state index in [0.717, 1.165) is 37.2 Å². The minimum absolute atomic E-state index is 0.217. The van der Waals surface area contributed by atoms with Crippen molar-refractivity contribution in [2.75, 3.05) is 20.2 Å². The van der Waals surface area contributed by atoms with Gasteiger partial charge in [0, 0.05) is 30.1 Å². The first-order valence-corrected chi connectivity index (χ1v) is 10.5. The summed E-state index contributed by atoms with van der Waals surface area (Å²) in [4.78, 5) is 15.4. The maximum Gasteiger partial charge on any atom is 0.227 e. The number of amides is 1. The number of carbonyl (C=O) groups excluding carboxylic acids is 1. The Morgan fingerprint density at radius 3 is 2.68 bits per heavy atom. The summed E-state index contributed by atoms with van der Waals surface area (Å²) in [5.74, 6) is 1.49. The summed E-state index contributed by atoms with van der Waals surface area (Å²) in [6, 6.07) is 19.3. The number of carbonyl (C=O) groups is 1. The maximum atomic E-state index is 13.3. The first kappa shape index (κ1) is 19.0. The Morgan fingerprint density at radius 1 is 1.07 bits per heavy atom. The molecular weight excluding hydrogens is 348 g/mol. The number of para-hydroxylation sites is 1. The second kappa shape index (κ2) is 8.78. The first-order valence-electron chi connectivity index (χ1n) is 10.5. The molecule has 0 bridgehead atoms. The van der Waals surface area contributed by atoms with Crippen LogP contribution in [0.2, 0.25) is 0 Å². The number of hydrogen-bond acceptors (Lipinski definition) is 3. The highest BCUT2D eigenvalue weighted by Gasteiger charge is 2.40. The van der Waals surface area contributed by atoms with Crippen LogP contribution >= 0.6 is 0 Å². The second-order valence-corrected chi connectivity index (χ2v) is 7.92. The zero-order valence-electron chi connectivity index (χ0n) is 16.6. The van der Waals surface area contributed by atoms with E-state index in [4.69, 9.17) is 4.74 Å². The van der Waals surface area contributed by atoms with E-state index in [0.29, 0.717) is 18.4 Å². The third-order valence-corrected chi connectivity index (χ3v) is 6.32. The van der Waals surface area contributed by atoms with Gasteiger partial charge in [-0.15, -0.1) is 0 Å². The molecule has 2 aliphatic heterocycles. The van der Waals surface area contributed by atoms with E-state index in [2.05, 4.69) is 40.5 Å². The molecule has 0 radical (unpaired) electrons. The highest BCUT2D eigenvalue weighted by Crippen LogP contribution is 2.35. The van der Waals surface area contributed by atoms with Crippen molar-refractivity contribution in [2.24, 2.45) is 0 Å². The number of benzene rings is 2. The van der Waals surface area contributed by atoms with Crippen LogP contribution in [0.25, 0.3) is 0 Å². The van der Waals surface area contributed by atoms with Crippen LogP contribution in [0.4, 0.5) is 0 Å². The molecule has 0 unspecified atom stereocenters. The molecule has 0 aliphatic carbocycles. The number of piperidine rings is 1. The Hall–Kier alpha value is -2.33. The summed E-state index contributed by atoms with van der Waals surface area (Å²) in [7, 11) is 1.67. The third kappa shape index (κ3) is 3.93. The van der Waals surface area contributed by atoms with Gasteiger partial charge in [0.05, 0.1) is 13.5 Å². The molecule has 1 N–H and O–H groups in total.